The van der Waals surface area contributed by atoms with Gasteiger partial charge in [0, 0.05) is 19.4 Å². The molecule has 0 unspecified atom stereocenters. The van der Waals surface area contributed by atoms with E-state index < -0.39 is 138 Å². The Morgan fingerprint density at radius 3 is 1.88 bits per heavy atom. The fraction of sp³-hybridized carbons (Fsp3) is 0.538. The zero-order valence-electron chi connectivity index (χ0n) is 36.7. The summed E-state index contributed by atoms with van der Waals surface area (Å²) in [6.45, 7) is 1.84. The molecule has 0 aliphatic carbocycles. The quantitative estimate of drug-likeness (QED) is 0.0110. The lowest BCUT2D eigenvalue weighted by Crippen LogP contribution is -2.60. The van der Waals surface area contributed by atoms with Crippen LogP contribution in [0.3, 0.4) is 0 Å². The van der Waals surface area contributed by atoms with E-state index in [0.717, 1.165) is 12.1 Å². The van der Waals surface area contributed by atoms with Crippen LogP contribution < -0.4 is 63.9 Å². The summed E-state index contributed by atoms with van der Waals surface area (Å²) < 4.78 is 39.2. The monoisotopic (exact) mass is 970 g/mol. The summed E-state index contributed by atoms with van der Waals surface area (Å²) in [7, 11) is -5.40. The van der Waals surface area contributed by atoms with Crippen LogP contribution in [0.2, 0.25) is 0 Å². The van der Waals surface area contributed by atoms with E-state index in [-0.39, 0.29) is 43.9 Å². The number of nitrogens with two attached hydrogens (primary N) is 3. The first kappa shape index (κ1) is 57.9. The van der Waals surface area contributed by atoms with E-state index in [4.69, 9.17) is 34.1 Å². The Morgan fingerprint density at radius 2 is 1.33 bits per heavy atom. The SMILES string of the molecule is C#CC[C@H](NC(=O)CNC(=O)[C@H](Cc1ccc(OS(=O)(=O)F)cc1)NC(=O)[C@@H](NC(=O)[C@H](CC(=O)O)NC(=O)[C@H](CCCCN)NC(=O)[C@@H](N)CCCNC(=N)N)C(C)C)C(=O)NCC(=O)O. The number of benzene rings is 1. The van der Waals surface area contributed by atoms with Crippen LogP contribution in [0.1, 0.15) is 64.4 Å². The van der Waals surface area contributed by atoms with Gasteiger partial charge in [-0.15, -0.1) is 12.3 Å². The fourth-order valence-corrected chi connectivity index (χ4v) is 6.15. The number of carbonyl (C=O) groups excluding carboxylic acids is 7. The summed E-state index contributed by atoms with van der Waals surface area (Å²) in [6, 6.07) is -4.27. The smallest absolute Gasteiger partial charge is 0.481 e. The van der Waals surface area contributed by atoms with Gasteiger partial charge in [0.25, 0.3) is 0 Å². The average molecular weight is 971 g/mol. The molecule has 372 valence electrons. The number of carboxylic acid groups (broad SMARTS) is 2. The van der Waals surface area contributed by atoms with E-state index in [1.165, 1.54) is 26.0 Å². The molecule has 26 nitrogen and oxygen atoms in total. The molecule has 0 saturated carbocycles. The second-order valence-corrected chi connectivity index (χ2v) is 16.0. The second-order valence-electron chi connectivity index (χ2n) is 15.1. The van der Waals surface area contributed by atoms with Gasteiger partial charge in [0.2, 0.25) is 41.4 Å². The van der Waals surface area contributed by atoms with Crippen LogP contribution in [0.5, 0.6) is 5.75 Å². The molecule has 0 aliphatic heterocycles. The van der Waals surface area contributed by atoms with Gasteiger partial charge in [-0.1, -0.05) is 29.9 Å². The second kappa shape index (κ2) is 29.4. The lowest BCUT2D eigenvalue weighted by Gasteiger charge is -2.28. The molecule has 0 spiro atoms. The number of unbranched alkanes of at least 4 members (excludes halogenated alkanes) is 1. The molecule has 0 aromatic heterocycles. The molecule has 0 saturated heterocycles. The van der Waals surface area contributed by atoms with Crippen molar-refractivity contribution in [3.8, 4) is 18.1 Å². The molecular formula is C39H59FN12O14S. The predicted octanol–water partition coefficient (Wildman–Crippen LogP) is -4.56. The van der Waals surface area contributed by atoms with Gasteiger partial charge in [0.1, 0.15) is 42.5 Å². The maximum absolute atomic E-state index is 13.9. The Balaban J connectivity index is 3.37. The van der Waals surface area contributed by atoms with Crippen molar-refractivity contribution in [3.63, 3.8) is 0 Å². The molecule has 0 bridgehead atoms. The number of halogens is 1. The number of terminal acetylenes is 1. The largest absolute Gasteiger partial charge is 0.488 e. The number of rotatable bonds is 31. The predicted molar refractivity (Wildman–Crippen MR) is 235 cm³/mol. The normalized spacial score (nSPS) is 13.6. The molecular weight excluding hydrogens is 912 g/mol. The molecule has 7 amide bonds. The van der Waals surface area contributed by atoms with Crippen molar-refractivity contribution in [3.05, 3.63) is 29.8 Å². The fourth-order valence-electron chi connectivity index (χ4n) is 5.81. The van der Waals surface area contributed by atoms with E-state index in [9.17, 15) is 60.6 Å². The first-order valence-corrected chi connectivity index (χ1v) is 21.9. The van der Waals surface area contributed by atoms with E-state index in [1.54, 1.807) is 0 Å². The molecule has 1 aromatic rings. The van der Waals surface area contributed by atoms with Crippen LogP contribution in [0.4, 0.5) is 3.89 Å². The molecule has 0 radical (unpaired) electrons. The minimum atomic E-state index is -5.40. The Bertz CT molecular complexity index is 2070. The Hall–Kier alpha value is -7.12. The van der Waals surface area contributed by atoms with Gasteiger partial charge >= 0.3 is 22.4 Å². The summed E-state index contributed by atoms with van der Waals surface area (Å²) in [6.07, 6.45) is 4.75. The molecule has 0 fully saturated rings. The van der Waals surface area contributed by atoms with Crippen LogP contribution in [0, 0.1) is 23.7 Å². The molecule has 67 heavy (non-hydrogen) atoms. The standard InChI is InChI=1S/C39H59FN12O14S/c1-4-8-25(34(59)47-20-31(56)57)48-29(53)19-46-35(60)27(17-22-11-13-23(14-12-22)66-67(40,64)65)51-38(63)32(21(2)3)52-37(62)28(18-30(54)55)50-36(61)26(10-5-6-15-41)49-33(58)24(42)9-7-16-45-39(43)44/h1,11-14,21,24-28,32H,5-10,15-20,41-42H2,2-3H3,(H,46,60)(H,47,59)(H,48,53)(H,49,58)(H,50,61)(H,51,63)(H,52,62)(H,54,55)(H,56,57)(H4,43,44,45)/t24-,25-,26-,27-,28-,32-/m0/s1. The zero-order valence-corrected chi connectivity index (χ0v) is 37.5. The Morgan fingerprint density at radius 1 is 0.746 bits per heavy atom. The van der Waals surface area contributed by atoms with Gasteiger partial charge in [-0.05, 0) is 62.3 Å². The zero-order chi connectivity index (χ0) is 50.9. The number of carboxylic acids is 2. The Kier molecular flexibility index (Phi) is 25.4. The van der Waals surface area contributed by atoms with Crippen molar-refractivity contribution < 1.29 is 69.9 Å². The molecule has 28 heteroatoms. The minimum absolute atomic E-state index is 0.00917. The Labute approximate surface area is 385 Å². The van der Waals surface area contributed by atoms with E-state index >= 15 is 0 Å². The summed E-state index contributed by atoms with van der Waals surface area (Å²) >= 11 is 0. The topological polar surface area (TPSA) is 436 Å². The third-order valence-corrected chi connectivity index (χ3v) is 9.58. The summed E-state index contributed by atoms with van der Waals surface area (Å²) in [5.41, 5.74) is 17.1. The number of hydrogen-bond acceptors (Lipinski definition) is 15. The third kappa shape index (κ3) is 24.1. The van der Waals surface area contributed by atoms with Crippen molar-refractivity contribution in [2.45, 2.75) is 101 Å². The van der Waals surface area contributed by atoms with Crippen LogP contribution in [0.25, 0.3) is 0 Å². The van der Waals surface area contributed by atoms with Gasteiger partial charge in [-0.25, -0.2) is 0 Å². The molecule has 6 atom stereocenters. The number of aliphatic carboxylic acids is 2. The van der Waals surface area contributed by atoms with E-state index in [2.05, 4.69) is 52.6 Å². The number of carbonyl (C=O) groups is 9. The first-order chi connectivity index (χ1) is 31.4. The molecule has 1 rings (SSSR count). The van der Waals surface area contributed by atoms with Gasteiger partial charge in [-0.2, -0.15) is 8.42 Å². The highest BCUT2D eigenvalue weighted by Crippen LogP contribution is 2.17. The molecule has 1 aromatic carbocycles. The highest BCUT2D eigenvalue weighted by Gasteiger charge is 2.34. The van der Waals surface area contributed by atoms with E-state index in [1.807, 2.05) is 0 Å². The summed E-state index contributed by atoms with van der Waals surface area (Å²) in [5.74, 6) is -9.11. The first-order valence-electron chi connectivity index (χ1n) is 20.6. The molecule has 0 aliphatic rings. The van der Waals surface area contributed by atoms with Crippen molar-refractivity contribution >= 4 is 69.8 Å². The lowest BCUT2D eigenvalue weighted by molar-refractivity contribution is -0.141. The van der Waals surface area contributed by atoms with Gasteiger partial charge < -0.3 is 74.1 Å². The van der Waals surface area contributed by atoms with E-state index in [0.29, 0.717) is 19.3 Å². The van der Waals surface area contributed by atoms with Crippen molar-refractivity contribution in [2.75, 3.05) is 26.2 Å². The number of hydrogen-bond donors (Lipinski definition) is 14. The molecule has 17 N–H and O–H groups in total. The van der Waals surface area contributed by atoms with Gasteiger partial charge in [-0.3, -0.25) is 48.6 Å². The van der Waals surface area contributed by atoms with Crippen LogP contribution in [-0.4, -0.2) is 140 Å². The van der Waals surface area contributed by atoms with Gasteiger partial charge in [0.15, 0.2) is 5.96 Å². The van der Waals surface area contributed by atoms with Gasteiger partial charge in [0.05, 0.1) is 19.0 Å². The minimum Gasteiger partial charge on any atom is -0.481 e. The van der Waals surface area contributed by atoms with Crippen LogP contribution >= 0.6 is 0 Å². The number of guanidine groups is 1. The summed E-state index contributed by atoms with van der Waals surface area (Å²) in [4.78, 5) is 116. The van der Waals surface area contributed by atoms with Crippen LogP contribution in [0.15, 0.2) is 24.3 Å². The maximum Gasteiger partial charge on any atom is 0.488 e. The highest BCUT2D eigenvalue weighted by atomic mass is 32.3. The highest BCUT2D eigenvalue weighted by molar-refractivity contribution is 7.81. The maximum atomic E-state index is 13.9. The van der Waals surface area contributed by atoms with Crippen molar-refractivity contribution in [1.82, 2.24) is 42.5 Å². The third-order valence-electron chi connectivity index (χ3n) is 9.19. The summed E-state index contributed by atoms with van der Waals surface area (Å²) in [5, 5.41) is 44.5. The average Bonchev–Trinajstić information content (AvgIpc) is 3.23. The number of nitrogens with one attached hydrogen (secondary N) is 9. The van der Waals surface area contributed by atoms with Crippen molar-refractivity contribution in [1.29, 1.82) is 5.41 Å². The number of amides is 7. The van der Waals surface area contributed by atoms with Crippen molar-refractivity contribution in [2.24, 2.45) is 23.1 Å². The molecule has 0 heterocycles. The van der Waals surface area contributed by atoms with Crippen LogP contribution in [-0.2, 0) is 60.1 Å². The lowest BCUT2D eigenvalue weighted by atomic mass is 10.00.